The average Bonchev–Trinajstić information content (AvgIpc) is 2.38. The number of hydrogen-bond donors (Lipinski definition) is 1. The maximum atomic E-state index is 11.3. The van der Waals surface area contributed by atoms with E-state index in [1.807, 2.05) is 25.1 Å². The molecule has 19 heavy (non-hydrogen) atoms. The second kappa shape index (κ2) is 6.37. The SMILES string of the molecule is C=C[C@@](C)(CCC=C(C)C)c1ccccc1C(=O)O. The Morgan fingerprint density at radius 2 is 2.00 bits per heavy atom. The standard InChI is InChI=1S/C17H22O2/c1-5-17(4,12-8-9-13(2)3)15-11-7-6-10-14(15)16(18)19/h5-7,9-11H,1,8,12H2,2-4H3,(H,18,19)/t17-/m0/s1. The van der Waals surface area contributed by atoms with Crippen LogP contribution in [0, 0.1) is 0 Å². The predicted octanol–water partition coefficient (Wildman–Crippen LogP) is 4.57. The van der Waals surface area contributed by atoms with Crippen molar-refractivity contribution in [1.29, 1.82) is 0 Å². The maximum Gasteiger partial charge on any atom is 0.335 e. The fourth-order valence-corrected chi connectivity index (χ4v) is 2.17. The molecule has 0 spiro atoms. The van der Waals surface area contributed by atoms with Gasteiger partial charge in [-0.3, -0.25) is 0 Å². The Hall–Kier alpha value is -1.83. The van der Waals surface area contributed by atoms with Gasteiger partial charge in [-0.15, -0.1) is 6.58 Å². The monoisotopic (exact) mass is 258 g/mol. The van der Waals surface area contributed by atoms with Crippen LogP contribution in [0.4, 0.5) is 0 Å². The number of benzene rings is 1. The summed E-state index contributed by atoms with van der Waals surface area (Å²) >= 11 is 0. The molecule has 0 aliphatic rings. The molecule has 1 rings (SSSR count). The molecule has 0 aliphatic heterocycles. The van der Waals surface area contributed by atoms with E-state index in [2.05, 4.69) is 26.5 Å². The molecule has 1 N–H and O–H groups in total. The normalized spacial score (nSPS) is 13.4. The number of carbonyl (C=O) groups is 1. The number of rotatable bonds is 6. The van der Waals surface area contributed by atoms with Crippen LogP contribution >= 0.6 is 0 Å². The van der Waals surface area contributed by atoms with Gasteiger partial charge in [0.2, 0.25) is 0 Å². The van der Waals surface area contributed by atoms with Gasteiger partial charge in [0.05, 0.1) is 5.56 Å². The Labute approximate surface area is 115 Å². The first kappa shape index (κ1) is 15.2. The van der Waals surface area contributed by atoms with Gasteiger partial charge in [-0.2, -0.15) is 0 Å². The second-order valence-electron chi connectivity index (χ2n) is 5.29. The van der Waals surface area contributed by atoms with E-state index in [1.54, 1.807) is 12.1 Å². The molecule has 0 unspecified atom stereocenters. The molecule has 1 aromatic carbocycles. The summed E-state index contributed by atoms with van der Waals surface area (Å²) < 4.78 is 0. The highest BCUT2D eigenvalue weighted by Gasteiger charge is 2.26. The Morgan fingerprint density at radius 3 is 2.53 bits per heavy atom. The van der Waals surface area contributed by atoms with E-state index in [1.165, 1.54) is 5.57 Å². The highest BCUT2D eigenvalue weighted by molar-refractivity contribution is 5.90. The Kier molecular flexibility index (Phi) is 5.11. The van der Waals surface area contributed by atoms with Gasteiger partial charge >= 0.3 is 5.97 Å². The van der Waals surface area contributed by atoms with Crippen LogP contribution < -0.4 is 0 Å². The van der Waals surface area contributed by atoms with Crippen molar-refractivity contribution in [3.63, 3.8) is 0 Å². The molecule has 0 aliphatic carbocycles. The lowest BCUT2D eigenvalue weighted by Gasteiger charge is -2.27. The Morgan fingerprint density at radius 1 is 1.37 bits per heavy atom. The molecule has 102 valence electrons. The van der Waals surface area contributed by atoms with Gasteiger partial charge in [0.15, 0.2) is 0 Å². The van der Waals surface area contributed by atoms with E-state index in [-0.39, 0.29) is 5.41 Å². The van der Waals surface area contributed by atoms with E-state index in [0.29, 0.717) is 5.56 Å². The zero-order valence-corrected chi connectivity index (χ0v) is 11.9. The van der Waals surface area contributed by atoms with Crippen LogP contribution in [0.2, 0.25) is 0 Å². The van der Waals surface area contributed by atoms with Gasteiger partial charge in [-0.05, 0) is 38.3 Å². The Bertz CT molecular complexity index is 496. The lowest BCUT2D eigenvalue weighted by molar-refractivity contribution is 0.0694. The van der Waals surface area contributed by atoms with Crippen LogP contribution in [0.25, 0.3) is 0 Å². The molecular weight excluding hydrogens is 236 g/mol. The van der Waals surface area contributed by atoms with Crippen molar-refractivity contribution in [2.45, 2.75) is 39.0 Å². The molecule has 0 saturated carbocycles. The van der Waals surface area contributed by atoms with Crippen molar-refractivity contribution in [3.8, 4) is 0 Å². The third-order valence-electron chi connectivity index (χ3n) is 3.44. The fraction of sp³-hybridized carbons (Fsp3) is 0.353. The first-order chi connectivity index (χ1) is 8.90. The van der Waals surface area contributed by atoms with E-state index < -0.39 is 5.97 Å². The molecule has 2 heteroatoms. The molecule has 0 heterocycles. The van der Waals surface area contributed by atoms with E-state index in [4.69, 9.17) is 0 Å². The van der Waals surface area contributed by atoms with Crippen molar-refractivity contribution in [1.82, 2.24) is 0 Å². The molecule has 1 atom stereocenters. The molecule has 0 radical (unpaired) electrons. The number of allylic oxidation sites excluding steroid dienone is 3. The molecule has 2 nitrogen and oxygen atoms in total. The summed E-state index contributed by atoms with van der Waals surface area (Å²) in [5.41, 5.74) is 2.15. The van der Waals surface area contributed by atoms with E-state index >= 15 is 0 Å². The molecule has 0 saturated heterocycles. The van der Waals surface area contributed by atoms with Crippen molar-refractivity contribution in [2.24, 2.45) is 0 Å². The zero-order valence-electron chi connectivity index (χ0n) is 11.9. The van der Waals surface area contributed by atoms with Gasteiger partial charge < -0.3 is 5.11 Å². The number of carboxylic acid groups (broad SMARTS) is 1. The van der Waals surface area contributed by atoms with Crippen molar-refractivity contribution in [3.05, 3.63) is 59.7 Å². The van der Waals surface area contributed by atoms with Gasteiger partial charge in [0.25, 0.3) is 0 Å². The highest BCUT2D eigenvalue weighted by Crippen LogP contribution is 2.33. The smallest absolute Gasteiger partial charge is 0.335 e. The second-order valence-corrected chi connectivity index (χ2v) is 5.29. The molecule has 0 bridgehead atoms. The van der Waals surface area contributed by atoms with E-state index in [9.17, 15) is 9.90 Å². The summed E-state index contributed by atoms with van der Waals surface area (Å²) in [6, 6.07) is 7.17. The third-order valence-corrected chi connectivity index (χ3v) is 3.44. The van der Waals surface area contributed by atoms with Gasteiger partial charge in [-0.25, -0.2) is 4.79 Å². The summed E-state index contributed by atoms with van der Waals surface area (Å²) in [5, 5.41) is 9.29. The van der Waals surface area contributed by atoms with Crippen LogP contribution in [0.3, 0.4) is 0 Å². The largest absolute Gasteiger partial charge is 0.478 e. The van der Waals surface area contributed by atoms with Crippen molar-refractivity contribution < 1.29 is 9.90 Å². The first-order valence-electron chi connectivity index (χ1n) is 6.50. The van der Waals surface area contributed by atoms with Crippen LogP contribution in [-0.2, 0) is 5.41 Å². The summed E-state index contributed by atoms with van der Waals surface area (Å²) in [6.07, 6.45) is 5.80. The lowest BCUT2D eigenvalue weighted by Crippen LogP contribution is -2.22. The minimum atomic E-state index is -0.883. The molecule has 0 fully saturated rings. The van der Waals surface area contributed by atoms with Gasteiger partial charge in [0.1, 0.15) is 0 Å². The summed E-state index contributed by atoms with van der Waals surface area (Å²) in [4.78, 5) is 11.3. The topological polar surface area (TPSA) is 37.3 Å². The minimum absolute atomic E-state index is 0.319. The summed E-state index contributed by atoms with van der Waals surface area (Å²) in [5.74, 6) is -0.883. The number of carboxylic acids is 1. The Balaban J connectivity index is 3.11. The summed E-state index contributed by atoms with van der Waals surface area (Å²) in [6.45, 7) is 10.1. The predicted molar refractivity (Wildman–Crippen MR) is 79.6 cm³/mol. The van der Waals surface area contributed by atoms with Crippen molar-refractivity contribution >= 4 is 5.97 Å². The van der Waals surface area contributed by atoms with Crippen LogP contribution in [0.1, 0.15) is 49.5 Å². The van der Waals surface area contributed by atoms with Crippen molar-refractivity contribution in [2.75, 3.05) is 0 Å². The quantitative estimate of drug-likeness (QED) is 0.759. The molecule has 1 aromatic rings. The van der Waals surface area contributed by atoms with E-state index in [0.717, 1.165) is 18.4 Å². The molecule has 0 amide bonds. The van der Waals surface area contributed by atoms with Gasteiger partial charge in [-0.1, -0.05) is 42.8 Å². The van der Waals surface area contributed by atoms with Crippen LogP contribution in [0.5, 0.6) is 0 Å². The minimum Gasteiger partial charge on any atom is -0.478 e. The highest BCUT2D eigenvalue weighted by atomic mass is 16.4. The zero-order chi connectivity index (χ0) is 14.5. The number of aromatic carboxylic acids is 1. The van der Waals surface area contributed by atoms with Gasteiger partial charge in [0, 0.05) is 5.41 Å². The lowest BCUT2D eigenvalue weighted by atomic mass is 9.76. The average molecular weight is 258 g/mol. The van der Waals surface area contributed by atoms with Crippen LogP contribution in [0.15, 0.2) is 48.6 Å². The maximum absolute atomic E-state index is 11.3. The molecule has 0 aromatic heterocycles. The fourth-order valence-electron chi connectivity index (χ4n) is 2.17. The first-order valence-corrected chi connectivity index (χ1v) is 6.50. The number of hydrogen-bond acceptors (Lipinski definition) is 1. The molecular formula is C17H22O2. The third kappa shape index (κ3) is 3.82. The summed E-state index contributed by atoms with van der Waals surface area (Å²) in [7, 11) is 0. The van der Waals surface area contributed by atoms with Crippen LogP contribution in [-0.4, -0.2) is 11.1 Å².